The van der Waals surface area contributed by atoms with Crippen molar-refractivity contribution in [2.75, 3.05) is 31.6 Å². The van der Waals surface area contributed by atoms with Crippen molar-refractivity contribution in [3.05, 3.63) is 23.8 Å². The van der Waals surface area contributed by atoms with E-state index in [1.807, 2.05) is 0 Å². The summed E-state index contributed by atoms with van der Waals surface area (Å²) >= 11 is 0. The monoisotopic (exact) mass is 361 g/mol. The molecule has 3 amide bonds. The van der Waals surface area contributed by atoms with Crippen LogP contribution >= 0.6 is 0 Å². The second kappa shape index (κ2) is 8.98. The second-order valence-corrected chi connectivity index (χ2v) is 6.03. The lowest BCUT2D eigenvalue weighted by Crippen LogP contribution is -2.35. The maximum Gasteiger partial charge on any atom is 0.264 e. The third-order valence-corrected chi connectivity index (χ3v) is 4.00. The molecule has 0 bridgehead atoms. The quantitative estimate of drug-likeness (QED) is 0.522. The highest BCUT2D eigenvalue weighted by molar-refractivity contribution is 6.02. The maximum atomic E-state index is 12.3. The fourth-order valence-electron chi connectivity index (χ4n) is 2.49. The zero-order valence-corrected chi connectivity index (χ0v) is 15.0. The molecule has 1 aromatic rings. The van der Waals surface area contributed by atoms with Gasteiger partial charge in [-0.2, -0.15) is 0 Å². The molecule has 1 aliphatic rings. The molecule has 0 unspecified atom stereocenters. The van der Waals surface area contributed by atoms with Crippen molar-refractivity contribution in [1.29, 1.82) is 0 Å². The molecule has 0 atom stereocenters. The molecule has 2 rings (SSSR count). The summed E-state index contributed by atoms with van der Waals surface area (Å²) in [6.45, 7) is 2.36. The summed E-state index contributed by atoms with van der Waals surface area (Å²) in [5.41, 5.74) is 0.988. The second-order valence-electron chi connectivity index (χ2n) is 6.03. The molecule has 0 saturated carbocycles. The maximum absolute atomic E-state index is 12.3. The Bertz CT molecular complexity index is 717. The molecule has 1 aromatic carbocycles. The number of Topliss-reactive ketones (excluding diaryl/α,β-unsaturated/α-hetero) is 1. The fourth-order valence-corrected chi connectivity index (χ4v) is 2.49. The van der Waals surface area contributed by atoms with Crippen molar-refractivity contribution in [3.8, 4) is 5.75 Å². The number of nitrogens with one attached hydrogen (secondary N) is 2. The largest absolute Gasteiger partial charge is 0.482 e. The van der Waals surface area contributed by atoms with Gasteiger partial charge in [-0.05, 0) is 24.6 Å². The van der Waals surface area contributed by atoms with E-state index in [1.54, 1.807) is 25.2 Å². The predicted molar refractivity (Wildman–Crippen MR) is 95.2 cm³/mol. The summed E-state index contributed by atoms with van der Waals surface area (Å²) in [6.07, 6.45) is 0.792. The van der Waals surface area contributed by atoms with Gasteiger partial charge in [0.2, 0.25) is 11.8 Å². The van der Waals surface area contributed by atoms with E-state index in [9.17, 15) is 19.2 Å². The number of hydrogen-bond acceptors (Lipinski definition) is 5. The average molecular weight is 361 g/mol. The van der Waals surface area contributed by atoms with E-state index in [4.69, 9.17) is 4.74 Å². The Morgan fingerprint density at radius 1 is 1.15 bits per heavy atom. The summed E-state index contributed by atoms with van der Waals surface area (Å²) in [6, 6.07) is 4.91. The number of nitrogens with zero attached hydrogens (tertiary/aromatic N) is 1. The number of fused-ring (bicyclic) bond motifs is 1. The van der Waals surface area contributed by atoms with Crippen LogP contribution in [-0.4, -0.2) is 50.2 Å². The molecule has 0 aliphatic carbocycles. The lowest BCUT2D eigenvalue weighted by molar-refractivity contribution is -0.121. The number of rotatable bonds is 8. The molecule has 1 aliphatic heterocycles. The summed E-state index contributed by atoms with van der Waals surface area (Å²) in [7, 11) is 1.63. The van der Waals surface area contributed by atoms with Crippen molar-refractivity contribution in [1.82, 2.24) is 10.6 Å². The Morgan fingerprint density at radius 2 is 1.88 bits per heavy atom. The number of ether oxygens (including phenoxy) is 1. The molecule has 0 fully saturated rings. The first-order chi connectivity index (χ1) is 12.4. The molecule has 0 spiro atoms. The minimum absolute atomic E-state index is 0.0150. The first-order valence-corrected chi connectivity index (χ1v) is 8.46. The van der Waals surface area contributed by atoms with Gasteiger partial charge < -0.3 is 20.3 Å². The molecule has 26 heavy (non-hydrogen) atoms. The number of benzene rings is 1. The predicted octanol–water partition coefficient (Wildman–Crippen LogP) is 0.647. The summed E-state index contributed by atoms with van der Waals surface area (Å²) in [4.78, 5) is 47.9. The van der Waals surface area contributed by atoms with Gasteiger partial charge >= 0.3 is 0 Å². The molecule has 1 heterocycles. The van der Waals surface area contributed by atoms with Gasteiger partial charge in [0.15, 0.2) is 12.4 Å². The van der Waals surface area contributed by atoms with Gasteiger partial charge in [-0.3, -0.25) is 19.2 Å². The van der Waals surface area contributed by atoms with E-state index in [0.29, 0.717) is 36.5 Å². The Kier molecular flexibility index (Phi) is 6.71. The lowest BCUT2D eigenvalue weighted by atomic mass is 10.0. The van der Waals surface area contributed by atoms with Crippen molar-refractivity contribution in [3.63, 3.8) is 0 Å². The molecule has 0 saturated heterocycles. The van der Waals surface area contributed by atoms with Crippen LogP contribution in [-0.2, 0) is 14.4 Å². The normalized spacial score (nSPS) is 12.8. The minimum Gasteiger partial charge on any atom is -0.482 e. The average Bonchev–Trinajstić information content (AvgIpc) is 2.62. The molecule has 140 valence electrons. The van der Waals surface area contributed by atoms with Gasteiger partial charge in [-0.1, -0.05) is 0 Å². The van der Waals surface area contributed by atoms with Crippen LogP contribution in [0.15, 0.2) is 18.2 Å². The third kappa shape index (κ3) is 5.30. The number of hydrogen-bond donors (Lipinski definition) is 2. The number of amides is 3. The van der Waals surface area contributed by atoms with Crippen molar-refractivity contribution in [2.45, 2.75) is 26.2 Å². The number of likely N-dealkylation sites (N-methyl/N-ethyl adjacent to an activating group) is 1. The molecular weight excluding hydrogens is 338 g/mol. The van der Waals surface area contributed by atoms with Gasteiger partial charge in [0.05, 0.1) is 5.69 Å². The van der Waals surface area contributed by atoms with Gasteiger partial charge in [0, 0.05) is 45.5 Å². The highest BCUT2D eigenvalue weighted by Gasteiger charge is 2.23. The van der Waals surface area contributed by atoms with Crippen LogP contribution in [0.3, 0.4) is 0 Å². The lowest BCUT2D eigenvalue weighted by Gasteiger charge is -2.26. The van der Waals surface area contributed by atoms with Crippen molar-refractivity contribution < 1.29 is 23.9 Å². The number of ketones is 1. The van der Waals surface area contributed by atoms with Gasteiger partial charge in [-0.25, -0.2) is 0 Å². The van der Waals surface area contributed by atoms with Crippen LogP contribution in [0.1, 0.15) is 36.5 Å². The van der Waals surface area contributed by atoms with E-state index in [2.05, 4.69) is 10.6 Å². The van der Waals surface area contributed by atoms with Gasteiger partial charge in [0.25, 0.3) is 5.91 Å². The van der Waals surface area contributed by atoms with Gasteiger partial charge in [0.1, 0.15) is 5.75 Å². The van der Waals surface area contributed by atoms with Crippen LogP contribution < -0.4 is 20.3 Å². The standard InChI is InChI=1S/C18H23N3O5/c1-12(22)19-8-3-9-20-17(24)7-5-15(23)13-4-6-16-14(10-13)21(2)18(25)11-26-16/h4,6,10H,3,5,7-9,11H2,1-2H3,(H,19,22)(H,20,24). The Hall–Kier alpha value is -2.90. The summed E-state index contributed by atoms with van der Waals surface area (Å²) < 4.78 is 5.33. The zero-order valence-electron chi connectivity index (χ0n) is 15.0. The van der Waals surface area contributed by atoms with Crippen molar-refractivity contribution >= 4 is 29.2 Å². The molecule has 8 heteroatoms. The third-order valence-electron chi connectivity index (χ3n) is 4.00. The van der Waals surface area contributed by atoms with Crippen molar-refractivity contribution in [2.24, 2.45) is 0 Å². The van der Waals surface area contributed by atoms with Crippen LogP contribution in [0, 0.1) is 0 Å². The molecule has 8 nitrogen and oxygen atoms in total. The summed E-state index contributed by atoms with van der Waals surface area (Å²) in [5.74, 6) is -0.117. The zero-order chi connectivity index (χ0) is 19.1. The SMILES string of the molecule is CC(=O)NCCCNC(=O)CCC(=O)c1ccc2c(c1)N(C)C(=O)CO2. The van der Waals surface area contributed by atoms with E-state index >= 15 is 0 Å². The summed E-state index contributed by atoms with van der Waals surface area (Å²) in [5, 5.41) is 5.35. The van der Waals surface area contributed by atoms with E-state index in [-0.39, 0.29) is 43.0 Å². The molecule has 0 aromatic heterocycles. The number of carbonyl (C=O) groups excluding carboxylic acids is 4. The van der Waals surface area contributed by atoms with Crippen LogP contribution in [0.2, 0.25) is 0 Å². The fraction of sp³-hybridized carbons (Fsp3) is 0.444. The van der Waals surface area contributed by atoms with E-state index < -0.39 is 0 Å². The van der Waals surface area contributed by atoms with Gasteiger partial charge in [-0.15, -0.1) is 0 Å². The Labute approximate surface area is 151 Å². The van der Waals surface area contributed by atoms with Crippen LogP contribution in [0.25, 0.3) is 0 Å². The minimum atomic E-state index is -0.213. The first-order valence-electron chi connectivity index (χ1n) is 8.46. The van der Waals surface area contributed by atoms with E-state index in [1.165, 1.54) is 11.8 Å². The highest BCUT2D eigenvalue weighted by Crippen LogP contribution is 2.32. The smallest absolute Gasteiger partial charge is 0.264 e. The topological polar surface area (TPSA) is 105 Å². The highest BCUT2D eigenvalue weighted by atomic mass is 16.5. The Morgan fingerprint density at radius 3 is 2.62 bits per heavy atom. The number of carbonyl (C=O) groups is 4. The Balaban J connectivity index is 1.80. The molecular formula is C18H23N3O5. The first kappa shape index (κ1) is 19.4. The van der Waals surface area contributed by atoms with E-state index in [0.717, 1.165) is 0 Å². The molecule has 0 radical (unpaired) electrons. The molecule has 2 N–H and O–H groups in total. The van der Waals surface area contributed by atoms with Crippen LogP contribution in [0.4, 0.5) is 5.69 Å². The number of anilines is 1. The van der Waals surface area contributed by atoms with Crippen LogP contribution in [0.5, 0.6) is 5.75 Å².